The van der Waals surface area contributed by atoms with Crippen LogP contribution in [0.2, 0.25) is 0 Å². The van der Waals surface area contributed by atoms with Crippen molar-refractivity contribution in [2.24, 2.45) is 22.2 Å². The van der Waals surface area contributed by atoms with Gasteiger partial charge < -0.3 is 37.8 Å². The standard InChI is InChI=1S/C25H36ClN7O6/c26-14-20(34)17(8-4-10-30-25(28)29)31-23(38)19-9-5-11-33(19)24(39)18(12-15-6-2-1-3-7-15)32-22(37)16(27)13-21(35)36/h1-3,6-7,16-19H,4-5,8-14,27H2,(H,31,38)(H,32,37)(H,35,36)(H4,28,29,30)/t16-,17-,18-,19-/m0/s1. The summed E-state index contributed by atoms with van der Waals surface area (Å²) in [5, 5.41) is 14.2. The van der Waals surface area contributed by atoms with Crippen molar-refractivity contribution in [1.29, 1.82) is 0 Å². The van der Waals surface area contributed by atoms with Crippen molar-refractivity contribution in [3.8, 4) is 0 Å². The number of alkyl halides is 1. The number of nitrogens with two attached hydrogens (primary N) is 3. The SMILES string of the molecule is NC(N)=NCCC[C@H](NC(=O)[C@@H]1CCCN1C(=O)[C@H](Cc1ccccc1)NC(=O)[C@@H](N)CC(=O)O)C(=O)CCl. The number of hydrogen-bond acceptors (Lipinski definition) is 7. The number of nitrogens with zero attached hydrogens (tertiary/aromatic N) is 2. The molecule has 3 amide bonds. The molecule has 1 aliphatic heterocycles. The number of benzene rings is 1. The molecule has 0 unspecified atom stereocenters. The molecule has 13 nitrogen and oxygen atoms in total. The summed E-state index contributed by atoms with van der Waals surface area (Å²) < 4.78 is 0. The Morgan fingerprint density at radius 1 is 1.10 bits per heavy atom. The number of nitrogens with one attached hydrogen (secondary N) is 2. The van der Waals surface area contributed by atoms with Crippen LogP contribution in [-0.2, 0) is 30.4 Å². The quantitative estimate of drug-likeness (QED) is 0.0652. The third-order valence-electron chi connectivity index (χ3n) is 6.25. The molecule has 0 spiro atoms. The van der Waals surface area contributed by atoms with Gasteiger partial charge in [0.25, 0.3) is 0 Å². The second-order valence-electron chi connectivity index (χ2n) is 9.25. The van der Waals surface area contributed by atoms with Gasteiger partial charge in [-0.1, -0.05) is 30.3 Å². The summed E-state index contributed by atoms with van der Waals surface area (Å²) in [6.07, 6.45) is 1.06. The maximum absolute atomic E-state index is 13.6. The Morgan fingerprint density at radius 2 is 1.79 bits per heavy atom. The summed E-state index contributed by atoms with van der Waals surface area (Å²) in [5.74, 6) is -3.84. The summed E-state index contributed by atoms with van der Waals surface area (Å²) >= 11 is 5.74. The minimum absolute atomic E-state index is 0.0829. The number of guanidine groups is 1. The molecule has 0 aromatic heterocycles. The van der Waals surface area contributed by atoms with Gasteiger partial charge in [0.15, 0.2) is 11.7 Å². The van der Waals surface area contributed by atoms with Gasteiger partial charge in [0.1, 0.15) is 12.1 Å². The van der Waals surface area contributed by atoms with Crippen LogP contribution in [0.4, 0.5) is 0 Å². The van der Waals surface area contributed by atoms with Crippen LogP contribution in [0.1, 0.15) is 37.7 Å². The Morgan fingerprint density at radius 3 is 2.41 bits per heavy atom. The van der Waals surface area contributed by atoms with Crippen molar-refractivity contribution in [1.82, 2.24) is 15.5 Å². The van der Waals surface area contributed by atoms with Crippen LogP contribution >= 0.6 is 11.6 Å². The van der Waals surface area contributed by atoms with Crippen molar-refractivity contribution in [3.05, 3.63) is 35.9 Å². The van der Waals surface area contributed by atoms with Gasteiger partial charge >= 0.3 is 5.97 Å². The molecule has 4 atom stereocenters. The number of aliphatic imine (C=N–C) groups is 1. The number of hydrogen-bond donors (Lipinski definition) is 6. The Hall–Kier alpha value is -3.71. The number of amides is 3. The van der Waals surface area contributed by atoms with Crippen LogP contribution in [-0.4, -0.2) is 88.6 Å². The number of likely N-dealkylation sites (tertiary alicyclic amines) is 1. The third kappa shape index (κ3) is 10.2. The van der Waals surface area contributed by atoms with E-state index in [1.165, 1.54) is 4.90 Å². The molecule has 1 aromatic carbocycles. The van der Waals surface area contributed by atoms with Crippen LogP contribution < -0.4 is 27.8 Å². The molecule has 1 aromatic rings. The van der Waals surface area contributed by atoms with Gasteiger partial charge in [0, 0.05) is 19.5 Å². The van der Waals surface area contributed by atoms with Gasteiger partial charge in [0.2, 0.25) is 17.7 Å². The highest BCUT2D eigenvalue weighted by Crippen LogP contribution is 2.20. The number of ketones is 1. The number of carbonyl (C=O) groups is 5. The van der Waals surface area contributed by atoms with Gasteiger partial charge in [-0.25, -0.2) is 0 Å². The van der Waals surface area contributed by atoms with Crippen LogP contribution in [0.5, 0.6) is 0 Å². The maximum Gasteiger partial charge on any atom is 0.305 e. The molecule has 0 bridgehead atoms. The predicted molar refractivity (Wildman–Crippen MR) is 145 cm³/mol. The first-order valence-electron chi connectivity index (χ1n) is 12.6. The van der Waals surface area contributed by atoms with E-state index < -0.39 is 54.3 Å². The first-order valence-corrected chi connectivity index (χ1v) is 13.1. The van der Waals surface area contributed by atoms with E-state index >= 15 is 0 Å². The summed E-state index contributed by atoms with van der Waals surface area (Å²) in [6, 6.07) is 4.73. The average Bonchev–Trinajstić information content (AvgIpc) is 3.39. The lowest BCUT2D eigenvalue weighted by Gasteiger charge is -2.30. The maximum atomic E-state index is 13.6. The Labute approximate surface area is 231 Å². The summed E-state index contributed by atoms with van der Waals surface area (Å²) in [6.45, 7) is 0.529. The van der Waals surface area contributed by atoms with E-state index in [2.05, 4.69) is 15.6 Å². The van der Waals surface area contributed by atoms with E-state index in [-0.39, 0.29) is 43.6 Å². The fourth-order valence-corrected chi connectivity index (χ4v) is 4.48. The molecular weight excluding hydrogens is 530 g/mol. The van der Waals surface area contributed by atoms with Crippen LogP contribution in [0.3, 0.4) is 0 Å². The average molecular weight is 566 g/mol. The third-order valence-corrected chi connectivity index (χ3v) is 6.51. The van der Waals surface area contributed by atoms with Gasteiger partial charge in [0.05, 0.1) is 24.4 Å². The molecule has 1 aliphatic rings. The zero-order valence-corrected chi connectivity index (χ0v) is 22.3. The van der Waals surface area contributed by atoms with Crippen molar-refractivity contribution >= 4 is 47.0 Å². The van der Waals surface area contributed by atoms with Crippen molar-refractivity contribution in [3.63, 3.8) is 0 Å². The Kier molecular flexibility index (Phi) is 12.6. The van der Waals surface area contributed by atoms with Gasteiger partial charge in [-0.05, 0) is 31.2 Å². The molecule has 2 rings (SSSR count). The monoisotopic (exact) mass is 565 g/mol. The minimum atomic E-state index is -1.35. The molecule has 1 fully saturated rings. The highest BCUT2D eigenvalue weighted by atomic mass is 35.5. The number of carboxylic acids is 1. The number of halogens is 1. The van der Waals surface area contributed by atoms with E-state index in [0.717, 1.165) is 5.56 Å². The summed E-state index contributed by atoms with van der Waals surface area (Å²) in [4.78, 5) is 68.1. The number of aliphatic carboxylic acids is 1. The Bertz CT molecular complexity index is 1050. The fraction of sp³-hybridized carbons (Fsp3) is 0.520. The number of Topliss-reactive ketones (excluding diaryl/α,β-unsaturated/α-hetero) is 1. The smallest absolute Gasteiger partial charge is 0.305 e. The summed E-state index contributed by atoms with van der Waals surface area (Å²) in [5.41, 5.74) is 17.1. The molecule has 0 radical (unpaired) electrons. The van der Waals surface area contributed by atoms with E-state index in [4.69, 9.17) is 33.9 Å². The van der Waals surface area contributed by atoms with Crippen LogP contribution in [0.25, 0.3) is 0 Å². The molecule has 0 aliphatic carbocycles. The highest BCUT2D eigenvalue weighted by Gasteiger charge is 2.39. The molecule has 1 saturated heterocycles. The first-order chi connectivity index (χ1) is 18.5. The van der Waals surface area contributed by atoms with Gasteiger partial charge in [-0.2, -0.15) is 0 Å². The van der Waals surface area contributed by atoms with E-state index in [1.807, 2.05) is 0 Å². The van der Waals surface area contributed by atoms with Crippen LogP contribution in [0.15, 0.2) is 35.3 Å². The van der Waals surface area contributed by atoms with Crippen molar-refractivity contribution in [2.75, 3.05) is 19.0 Å². The molecule has 39 heavy (non-hydrogen) atoms. The molecule has 1 heterocycles. The highest BCUT2D eigenvalue weighted by molar-refractivity contribution is 6.28. The zero-order chi connectivity index (χ0) is 28.9. The van der Waals surface area contributed by atoms with Crippen molar-refractivity contribution < 1.29 is 29.1 Å². The largest absolute Gasteiger partial charge is 0.481 e. The topological polar surface area (TPSA) is 223 Å². The predicted octanol–water partition coefficient (Wildman–Crippen LogP) is -1.15. The molecule has 14 heteroatoms. The molecule has 0 saturated carbocycles. The second kappa shape index (κ2) is 15.6. The second-order valence-corrected chi connectivity index (χ2v) is 9.52. The van der Waals surface area contributed by atoms with E-state index in [9.17, 15) is 24.0 Å². The fourth-order valence-electron chi connectivity index (χ4n) is 4.29. The lowest BCUT2D eigenvalue weighted by atomic mass is 10.0. The van der Waals surface area contributed by atoms with Gasteiger partial charge in [-0.3, -0.25) is 29.0 Å². The minimum Gasteiger partial charge on any atom is -0.481 e. The Balaban J connectivity index is 2.18. The zero-order valence-electron chi connectivity index (χ0n) is 21.6. The van der Waals surface area contributed by atoms with Crippen LogP contribution in [0, 0.1) is 0 Å². The van der Waals surface area contributed by atoms with Crippen molar-refractivity contribution in [2.45, 2.75) is 62.7 Å². The molecular formula is C25H36ClN7O6. The lowest BCUT2D eigenvalue weighted by Crippen LogP contribution is -2.57. The summed E-state index contributed by atoms with van der Waals surface area (Å²) in [7, 11) is 0. The van der Waals surface area contributed by atoms with E-state index in [1.54, 1.807) is 30.3 Å². The number of rotatable bonds is 15. The molecule has 9 N–H and O–H groups in total. The first kappa shape index (κ1) is 31.5. The van der Waals surface area contributed by atoms with Gasteiger partial charge in [-0.15, -0.1) is 11.6 Å². The lowest BCUT2D eigenvalue weighted by molar-refractivity contribution is -0.142. The normalized spacial score (nSPS) is 17.0. The number of carboxylic acid groups (broad SMARTS) is 1. The van der Waals surface area contributed by atoms with E-state index in [0.29, 0.717) is 19.3 Å². The number of carbonyl (C=O) groups excluding carboxylic acids is 4. The molecule has 214 valence electrons.